The van der Waals surface area contributed by atoms with Gasteiger partial charge in [0.2, 0.25) is 5.91 Å². The van der Waals surface area contributed by atoms with Crippen molar-refractivity contribution in [2.45, 2.75) is 65.7 Å². The van der Waals surface area contributed by atoms with Gasteiger partial charge in [-0.1, -0.05) is 40.0 Å². The smallest absolute Gasteiger partial charge is 0.227 e. The van der Waals surface area contributed by atoms with Gasteiger partial charge in [-0.05, 0) is 31.1 Å². The first-order valence-corrected chi connectivity index (χ1v) is 7.50. The van der Waals surface area contributed by atoms with Crippen LogP contribution in [0.1, 0.15) is 65.7 Å². The highest BCUT2D eigenvalue weighted by Gasteiger charge is 2.35. The van der Waals surface area contributed by atoms with Crippen LogP contribution in [-0.2, 0) is 4.79 Å². The Morgan fingerprint density at radius 1 is 1.22 bits per heavy atom. The summed E-state index contributed by atoms with van der Waals surface area (Å²) < 4.78 is 0. The van der Waals surface area contributed by atoms with Crippen LogP contribution < -0.4 is 11.1 Å². The summed E-state index contributed by atoms with van der Waals surface area (Å²) in [6.45, 7) is 7.67. The summed E-state index contributed by atoms with van der Waals surface area (Å²) in [5.41, 5.74) is 5.76. The minimum Gasteiger partial charge on any atom is -0.355 e. The summed E-state index contributed by atoms with van der Waals surface area (Å²) in [5.74, 6) is 0.154. The number of carbonyl (C=O) groups excluding carboxylic acids is 1. The number of nitrogens with two attached hydrogens (primary N) is 1. The Morgan fingerprint density at radius 2 is 1.78 bits per heavy atom. The SMILES string of the molecule is CCC(CC)(CN)C(=O)NCC1(C)CCCCC1. The number of carbonyl (C=O) groups is 1. The van der Waals surface area contributed by atoms with Gasteiger partial charge in [-0.15, -0.1) is 0 Å². The number of hydrogen-bond acceptors (Lipinski definition) is 2. The molecule has 18 heavy (non-hydrogen) atoms. The van der Waals surface area contributed by atoms with Crippen molar-refractivity contribution in [1.82, 2.24) is 5.32 Å². The van der Waals surface area contributed by atoms with Gasteiger partial charge in [-0.25, -0.2) is 0 Å². The van der Waals surface area contributed by atoms with Crippen LogP contribution in [0.25, 0.3) is 0 Å². The van der Waals surface area contributed by atoms with E-state index in [4.69, 9.17) is 5.73 Å². The van der Waals surface area contributed by atoms with Crippen molar-refractivity contribution in [3.05, 3.63) is 0 Å². The number of rotatable bonds is 6. The monoisotopic (exact) mass is 254 g/mol. The summed E-state index contributed by atoms with van der Waals surface area (Å²) in [7, 11) is 0. The molecule has 0 radical (unpaired) electrons. The lowest BCUT2D eigenvalue weighted by Gasteiger charge is -2.36. The molecule has 0 aromatic rings. The summed E-state index contributed by atoms with van der Waals surface area (Å²) in [5, 5.41) is 3.17. The van der Waals surface area contributed by atoms with Crippen LogP contribution >= 0.6 is 0 Å². The zero-order valence-electron chi connectivity index (χ0n) is 12.3. The van der Waals surface area contributed by atoms with E-state index in [1.54, 1.807) is 0 Å². The molecular weight excluding hydrogens is 224 g/mol. The normalized spacial score (nSPS) is 19.6. The number of hydrogen-bond donors (Lipinski definition) is 2. The van der Waals surface area contributed by atoms with E-state index in [0.717, 1.165) is 19.4 Å². The Hall–Kier alpha value is -0.570. The van der Waals surface area contributed by atoms with Crippen molar-refractivity contribution in [2.24, 2.45) is 16.6 Å². The van der Waals surface area contributed by atoms with Gasteiger partial charge in [0, 0.05) is 13.1 Å². The van der Waals surface area contributed by atoms with Crippen molar-refractivity contribution >= 4 is 5.91 Å². The minimum atomic E-state index is -0.356. The summed E-state index contributed by atoms with van der Waals surface area (Å²) >= 11 is 0. The predicted octanol–water partition coefficient (Wildman–Crippen LogP) is 2.84. The molecule has 0 unspecified atom stereocenters. The highest BCUT2D eigenvalue weighted by molar-refractivity contribution is 5.82. The second-order valence-electron chi connectivity index (χ2n) is 6.25. The van der Waals surface area contributed by atoms with Gasteiger partial charge in [-0.2, -0.15) is 0 Å². The molecule has 3 N–H and O–H groups in total. The van der Waals surface area contributed by atoms with Gasteiger partial charge in [0.1, 0.15) is 0 Å². The van der Waals surface area contributed by atoms with E-state index in [0.29, 0.717) is 12.0 Å². The molecular formula is C15H30N2O. The third-order valence-corrected chi connectivity index (χ3v) is 4.96. The molecule has 1 aliphatic carbocycles. The number of amides is 1. The Balaban J connectivity index is 2.53. The fourth-order valence-corrected chi connectivity index (χ4v) is 3.02. The minimum absolute atomic E-state index is 0.154. The van der Waals surface area contributed by atoms with E-state index in [9.17, 15) is 4.79 Å². The maximum Gasteiger partial charge on any atom is 0.227 e. The maximum absolute atomic E-state index is 12.4. The van der Waals surface area contributed by atoms with Crippen LogP contribution in [0.5, 0.6) is 0 Å². The standard InChI is InChI=1S/C15H30N2O/c1-4-15(5-2,11-16)13(18)17-12-14(3)9-7-6-8-10-14/h4-12,16H2,1-3H3,(H,17,18). The molecule has 106 valence electrons. The topological polar surface area (TPSA) is 55.1 Å². The average Bonchev–Trinajstić information content (AvgIpc) is 2.40. The van der Waals surface area contributed by atoms with Gasteiger partial charge in [-0.3, -0.25) is 4.79 Å². The van der Waals surface area contributed by atoms with E-state index in [1.165, 1.54) is 32.1 Å². The van der Waals surface area contributed by atoms with E-state index >= 15 is 0 Å². The first-order chi connectivity index (χ1) is 8.52. The van der Waals surface area contributed by atoms with Crippen molar-refractivity contribution < 1.29 is 4.79 Å². The third kappa shape index (κ3) is 3.47. The van der Waals surface area contributed by atoms with Crippen molar-refractivity contribution in [3.8, 4) is 0 Å². The zero-order chi connectivity index (χ0) is 13.6. The van der Waals surface area contributed by atoms with E-state index < -0.39 is 0 Å². The van der Waals surface area contributed by atoms with Crippen LogP contribution in [0.2, 0.25) is 0 Å². The second-order valence-corrected chi connectivity index (χ2v) is 6.25. The predicted molar refractivity (Wildman–Crippen MR) is 76.3 cm³/mol. The molecule has 3 heteroatoms. The van der Waals surface area contributed by atoms with E-state index in [2.05, 4.69) is 26.1 Å². The van der Waals surface area contributed by atoms with Crippen molar-refractivity contribution in [2.75, 3.05) is 13.1 Å². The Bertz CT molecular complexity index is 257. The largest absolute Gasteiger partial charge is 0.355 e. The lowest BCUT2D eigenvalue weighted by molar-refractivity contribution is -0.131. The fraction of sp³-hybridized carbons (Fsp3) is 0.933. The maximum atomic E-state index is 12.4. The molecule has 3 nitrogen and oxygen atoms in total. The lowest BCUT2D eigenvalue weighted by Crippen LogP contribution is -2.48. The number of nitrogens with one attached hydrogen (secondary N) is 1. The molecule has 1 saturated carbocycles. The van der Waals surface area contributed by atoms with Gasteiger partial charge in [0.15, 0.2) is 0 Å². The molecule has 1 fully saturated rings. The van der Waals surface area contributed by atoms with Crippen LogP contribution in [0.4, 0.5) is 0 Å². The highest BCUT2D eigenvalue weighted by Crippen LogP contribution is 2.35. The summed E-state index contributed by atoms with van der Waals surface area (Å²) in [6, 6.07) is 0. The zero-order valence-corrected chi connectivity index (χ0v) is 12.3. The first kappa shape index (κ1) is 15.5. The van der Waals surface area contributed by atoms with Crippen LogP contribution in [0.3, 0.4) is 0 Å². The Morgan fingerprint density at radius 3 is 2.22 bits per heavy atom. The van der Waals surface area contributed by atoms with Crippen molar-refractivity contribution in [1.29, 1.82) is 0 Å². The second kappa shape index (κ2) is 6.55. The molecule has 0 aromatic carbocycles. The molecule has 0 heterocycles. The molecule has 0 aromatic heterocycles. The van der Waals surface area contributed by atoms with Gasteiger partial charge >= 0.3 is 0 Å². The first-order valence-electron chi connectivity index (χ1n) is 7.50. The molecule has 1 aliphatic rings. The van der Waals surface area contributed by atoms with Crippen LogP contribution in [-0.4, -0.2) is 19.0 Å². The molecule has 1 amide bonds. The van der Waals surface area contributed by atoms with Crippen LogP contribution in [0.15, 0.2) is 0 Å². The average molecular weight is 254 g/mol. The van der Waals surface area contributed by atoms with Gasteiger partial charge < -0.3 is 11.1 Å². The molecule has 0 saturated heterocycles. The molecule has 0 spiro atoms. The third-order valence-electron chi connectivity index (χ3n) is 4.96. The molecule has 0 aliphatic heterocycles. The molecule has 1 rings (SSSR count). The van der Waals surface area contributed by atoms with E-state index in [-0.39, 0.29) is 11.3 Å². The highest BCUT2D eigenvalue weighted by atomic mass is 16.2. The Kier molecular flexibility index (Phi) is 5.64. The lowest BCUT2D eigenvalue weighted by atomic mass is 9.75. The quantitative estimate of drug-likeness (QED) is 0.766. The van der Waals surface area contributed by atoms with E-state index in [1.807, 2.05) is 0 Å². The van der Waals surface area contributed by atoms with Gasteiger partial charge in [0.25, 0.3) is 0 Å². The summed E-state index contributed by atoms with van der Waals surface area (Å²) in [4.78, 5) is 12.4. The molecule has 0 bridgehead atoms. The van der Waals surface area contributed by atoms with Crippen molar-refractivity contribution in [3.63, 3.8) is 0 Å². The summed E-state index contributed by atoms with van der Waals surface area (Å²) in [6.07, 6.45) is 8.07. The Labute approximate surface area is 112 Å². The fourth-order valence-electron chi connectivity index (χ4n) is 3.02. The van der Waals surface area contributed by atoms with Crippen LogP contribution in [0, 0.1) is 10.8 Å². The van der Waals surface area contributed by atoms with Gasteiger partial charge in [0.05, 0.1) is 5.41 Å². The molecule has 0 atom stereocenters.